The monoisotopic (exact) mass is 254 g/mol. The normalized spacial score (nSPS) is 9.67. The molecular formula is C11H14N2O5. The molecule has 18 heavy (non-hydrogen) atoms. The van der Waals surface area contributed by atoms with Gasteiger partial charge in [0.15, 0.2) is 0 Å². The average molecular weight is 254 g/mol. The minimum Gasteiger partial charge on any atom is -0.469 e. The zero-order valence-corrected chi connectivity index (χ0v) is 10.1. The van der Waals surface area contributed by atoms with Gasteiger partial charge in [-0.1, -0.05) is 0 Å². The first kappa shape index (κ1) is 13.8. The van der Waals surface area contributed by atoms with Crippen LogP contribution in [0.1, 0.15) is 29.0 Å². The highest BCUT2D eigenvalue weighted by atomic mass is 16.5. The molecule has 0 atom stereocenters. The summed E-state index contributed by atoms with van der Waals surface area (Å²) < 4.78 is 9.33. The molecule has 0 unspecified atom stereocenters. The van der Waals surface area contributed by atoms with E-state index in [-0.39, 0.29) is 12.8 Å². The predicted octanol–water partition coefficient (Wildman–Crippen LogP) is 0.302. The fourth-order valence-corrected chi connectivity index (χ4v) is 1.19. The van der Waals surface area contributed by atoms with Crippen LogP contribution in [0.4, 0.5) is 0 Å². The van der Waals surface area contributed by atoms with Crippen LogP contribution in [0.2, 0.25) is 0 Å². The quantitative estimate of drug-likeness (QED) is 0.595. The zero-order chi connectivity index (χ0) is 13.5. The smallest absolute Gasteiger partial charge is 0.306 e. The van der Waals surface area contributed by atoms with Crippen LogP contribution < -0.4 is 10.9 Å². The highest BCUT2D eigenvalue weighted by Crippen LogP contribution is 2.07. The lowest BCUT2D eigenvalue weighted by molar-refractivity contribution is -0.142. The number of hydrazine groups is 1. The van der Waals surface area contributed by atoms with Gasteiger partial charge in [0.25, 0.3) is 5.91 Å². The number of amides is 2. The molecule has 0 saturated heterocycles. The van der Waals surface area contributed by atoms with E-state index < -0.39 is 17.8 Å². The number of methoxy groups -OCH3 is 1. The van der Waals surface area contributed by atoms with Crippen LogP contribution in [0.5, 0.6) is 0 Å². The van der Waals surface area contributed by atoms with Gasteiger partial charge in [0.2, 0.25) is 5.91 Å². The van der Waals surface area contributed by atoms with E-state index in [0.29, 0.717) is 11.3 Å². The van der Waals surface area contributed by atoms with Crippen molar-refractivity contribution in [1.29, 1.82) is 0 Å². The summed E-state index contributed by atoms with van der Waals surface area (Å²) in [4.78, 5) is 33.6. The van der Waals surface area contributed by atoms with Gasteiger partial charge in [-0.3, -0.25) is 25.2 Å². The van der Waals surface area contributed by atoms with Gasteiger partial charge in [0.1, 0.15) is 5.76 Å². The Bertz CT molecular complexity index is 452. The minimum absolute atomic E-state index is 0.0387. The molecule has 0 radical (unpaired) electrons. The number of carbonyl (C=O) groups is 3. The van der Waals surface area contributed by atoms with E-state index in [2.05, 4.69) is 15.6 Å². The molecule has 0 saturated carbocycles. The number of ether oxygens (including phenoxy) is 1. The van der Waals surface area contributed by atoms with Crippen LogP contribution in [-0.4, -0.2) is 24.9 Å². The Kier molecular flexibility index (Phi) is 4.91. The summed E-state index contributed by atoms with van der Waals surface area (Å²) in [6, 6.07) is 1.49. The molecule has 98 valence electrons. The molecule has 0 aliphatic heterocycles. The second-order valence-electron chi connectivity index (χ2n) is 3.47. The van der Waals surface area contributed by atoms with E-state index in [0.717, 1.165) is 0 Å². The number of rotatable bonds is 4. The Balaban J connectivity index is 2.33. The van der Waals surface area contributed by atoms with Crippen molar-refractivity contribution in [3.8, 4) is 0 Å². The van der Waals surface area contributed by atoms with Crippen molar-refractivity contribution >= 4 is 17.8 Å². The zero-order valence-electron chi connectivity index (χ0n) is 10.1. The maximum Gasteiger partial charge on any atom is 0.306 e. The van der Waals surface area contributed by atoms with Gasteiger partial charge in [0.05, 0.1) is 25.4 Å². The molecule has 0 bridgehead atoms. The molecule has 7 nitrogen and oxygen atoms in total. The lowest BCUT2D eigenvalue weighted by Crippen LogP contribution is -2.41. The molecular weight excluding hydrogens is 240 g/mol. The van der Waals surface area contributed by atoms with Crippen LogP contribution >= 0.6 is 0 Å². The van der Waals surface area contributed by atoms with Gasteiger partial charge < -0.3 is 9.15 Å². The summed E-state index contributed by atoms with van der Waals surface area (Å²) in [5, 5.41) is 0. The molecule has 0 spiro atoms. The number of aryl methyl sites for hydroxylation is 1. The second-order valence-corrected chi connectivity index (χ2v) is 3.47. The number of hydrogen-bond acceptors (Lipinski definition) is 5. The Morgan fingerprint density at radius 3 is 2.56 bits per heavy atom. The van der Waals surface area contributed by atoms with Gasteiger partial charge in [0, 0.05) is 6.42 Å². The SMILES string of the molecule is COC(=O)CCC(=O)NNC(=O)c1ccoc1C. The van der Waals surface area contributed by atoms with E-state index in [1.165, 1.54) is 19.4 Å². The number of hydrogen-bond donors (Lipinski definition) is 2. The molecule has 0 aliphatic rings. The van der Waals surface area contributed by atoms with Crippen molar-refractivity contribution < 1.29 is 23.5 Å². The third-order valence-corrected chi connectivity index (χ3v) is 2.20. The van der Waals surface area contributed by atoms with Gasteiger partial charge in [-0.05, 0) is 13.0 Å². The first-order valence-electron chi connectivity index (χ1n) is 5.24. The standard InChI is InChI=1S/C11H14N2O5/c1-7-8(5-6-18-7)11(16)13-12-9(14)3-4-10(15)17-2/h5-6H,3-4H2,1-2H3,(H,12,14)(H,13,16). The molecule has 2 N–H and O–H groups in total. The van der Waals surface area contributed by atoms with E-state index in [9.17, 15) is 14.4 Å². The van der Waals surface area contributed by atoms with Gasteiger partial charge in [-0.25, -0.2) is 0 Å². The Hall–Kier alpha value is -2.31. The highest BCUT2D eigenvalue weighted by molar-refractivity contribution is 5.96. The van der Waals surface area contributed by atoms with Crippen molar-refractivity contribution in [3.05, 3.63) is 23.7 Å². The number of furan rings is 1. The van der Waals surface area contributed by atoms with Crippen LogP contribution in [0.3, 0.4) is 0 Å². The molecule has 0 fully saturated rings. The maximum absolute atomic E-state index is 11.5. The summed E-state index contributed by atoms with van der Waals surface area (Å²) in [5.41, 5.74) is 4.74. The predicted molar refractivity (Wildman–Crippen MR) is 60.3 cm³/mol. The van der Waals surface area contributed by atoms with Crippen LogP contribution in [0.25, 0.3) is 0 Å². The van der Waals surface area contributed by atoms with E-state index >= 15 is 0 Å². The van der Waals surface area contributed by atoms with E-state index in [4.69, 9.17) is 4.42 Å². The third-order valence-electron chi connectivity index (χ3n) is 2.20. The van der Waals surface area contributed by atoms with E-state index in [1.54, 1.807) is 6.92 Å². The summed E-state index contributed by atoms with van der Waals surface area (Å²) in [7, 11) is 1.24. The second kappa shape index (κ2) is 6.43. The number of carbonyl (C=O) groups excluding carboxylic acids is 3. The van der Waals surface area contributed by atoms with Gasteiger partial charge in [-0.15, -0.1) is 0 Å². The minimum atomic E-state index is -0.484. The molecule has 7 heteroatoms. The van der Waals surface area contributed by atoms with Crippen LogP contribution in [0.15, 0.2) is 16.7 Å². The van der Waals surface area contributed by atoms with Crippen LogP contribution in [-0.2, 0) is 14.3 Å². The molecule has 1 aromatic heterocycles. The van der Waals surface area contributed by atoms with E-state index in [1.807, 2.05) is 0 Å². The highest BCUT2D eigenvalue weighted by Gasteiger charge is 2.12. The van der Waals surface area contributed by atoms with Crippen molar-refractivity contribution in [1.82, 2.24) is 10.9 Å². The summed E-state index contributed by atoms with van der Waals surface area (Å²) in [5.74, 6) is -0.985. The summed E-state index contributed by atoms with van der Waals surface area (Å²) >= 11 is 0. The lowest BCUT2D eigenvalue weighted by atomic mass is 10.2. The lowest BCUT2D eigenvalue weighted by Gasteiger charge is -2.06. The van der Waals surface area contributed by atoms with Crippen molar-refractivity contribution in [2.45, 2.75) is 19.8 Å². The number of nitrogens with one attached hydrogen (secondary N) is 2. The topological polar surface area (TPSA) is 97.6 Å². The molecule has 1 heterocycles. The first-order valence-corrected chi connectivity index (χ1v) is 5.24. The molecule has 2 amide bonds. The van der Waals surface area contributed by atoms with Gasteiger partial charge >= 0.3 is 5.97 Å². The average Bonchev–Trinajstić information content (AvgIpc) is 2.79. The molecule has 0 aliphatic carbocycles. The molecule has 0 aromatic carbocycles. The Morgan fingerprint density at radius 2 is 2.00 bits per heavy atom. The first-order chi connectivity index (χ1) is 8.54. The maximum atomic E-state index is 11.5. The van der Waals surface area contributed by atoms with Crippen molar-refractivity contribution in [2.24, 2.45) is 0 Å². The fraction of sp³-hybridized carbons (Fsp3) is 0.364. The van der Waals surface area contributed by atoms with Crippen molar-refractivity contribution in [2.75, 3.05) is 7.11 Å². The Morgan fingerprint density at radius 1 is 1.28 bits per heavy atom. The summed E-state index contributed by atoms with van der Waals surface area (Å²) in [6.45, 7) is 1.63. The third kappa shape index (κ3) is 3.93. The largest absolute Gasteiger partial charge is 0.469 e. The summed E-state index contributed by atoms with van der Waals surface area (Å²) in [6.07, 6.45) is 1.28. The fourth-order valence-electron chi connectivity index (χ4n) is 1.19. The number of esters is 1. The Labute approximate surface area is 103 Å². The van der Waals surface area contributed by atoms with Gasteiger partial charge in [-0.2, -0.15) is 0 Å². The van der Waals surface area contributed by atoms with Crippen molar-refractivity contribution in [3.63, 3.8) is 0 Å². The molecule has 1 aromatic rings. The van der Waals surface area contributed by atoms with Crippen LogP contribution in [0, 0.1) is 6.92 Å². The molecule has 1 rings (SSSR count).